The Morgan fingerprint density at radius 2 is 2.04 bits per heavy atom. The van der Waals surface area contributed by atoms with E-state index in [2.05, 4.69) is 0 Å². The predicted octanol–water partition coefficient (Wildman–Crippen LogP) is 3.17. The molecular formula is C17H13F2NO4S. The van der Waals surface area contributed by atoms with Crippen LogP contribution in [0.3, 0.4) is 0 Å². The number of aliphatic hydroxyl groups is 1. The predicted molar refractivity (Wildman–Crippen MR) is 84.1 cm³/mol. The van der Waals surface area contributed by atoms with Crippen molar-refractivity contribution in [2.24, 2.45) is 0 Å². The van der Waals surface area contributed by atoms with Gasteiger partial charge >= 0.3 is 0 Å². The van der Waals surface area contributed by atoms with Gasteiger partial charge in [0.15, 0.2) is 0 Å². The fraction of sp³-hybridized carbons (Fsp3) is 0.235. The molecule has 2 unspecified atom stereocenters. The van der Waals surface area contributed by atoms with Gasteiger partial charge in [0.25, 0.3) is 0 Å². The molecule has 1 aliphatic rings. The maximum absolute atomic E-state index is 13.9. The van der Waals surface area contributed by atoms with Crippen molar-refractivity contribution in [3.05, 3.63) is 52.8 Å². The molecule has 0 radical (unpaired) electrons. The number of hydrogen-bond acceptors (Lipinski definition) is 5. The number of hydrogen-bond donors (Lipinski definition) is 1. The summed E-state index contributed by atoms with van der Waals surface area (Å²) in [5.74, 6) is -0.502. The van der Waals surface area contributed by atoms with Crippen molar-refractivity contribution in [1.82, 2.24) is 0 Å². The summed E-state index contributed by atoms with van der Waals surface area (Å²) in [4.78, 5) is -0.440. The molecular weight excluding hydrogens is 352 g/mol. The fourth-order valence-corrected chi connectivity index (χ4v) is 4.26. The van der Waals surface area contributed by atoms with Gasteiger partial charge in [-0.3, -0.25) is 0 Å². The molecule has 0 aliphatic carbocycles. The molecule has 8 heteroatoms. The molecule has 2 atom stereocenters. The van der Waals surface area contributed by atoms with Crippen LogP contribution in [0.2, 0.25) is 0 Å². The number of aryl methyl sites for hydroxylation is 1. The van der Waals surface area contributed by atoms with Crippen molar-refractivity contribution in [2.45, 2.75) is 29.8 Å². The number of halogens is 2. The first kappa shape index (κ1) is 17.3. The summed E-state index contributed by atoms with van der Waals surface area (Å²) in [7, 11) is -4.36. The smallest absolute Gasteiger partial charge is 0.235 e. The SMILES string of the molecule is CCc1cc(F)cc(Oc2ccc3c(c2C#N)C(O)C(F)S3(=O)=O)c1. The third-order valence-corrected chi connectivity index (χ3v) is 5.81. The lowest BCUT2D eigenvalue weighted by Gasteiger charge is -2.12. The Kier molecular flexibility index (Phi) is 4.22. The van der Waals surface area contributed by atoms with Gasteiger partial charge in [-0.15, -0.1) is 0 Å². The molecule has 1 N–H and O–H groups in total. The second-order valence-electron chi connectivity index (χ2n) is 5.55. The minimum Gasteiger partial charge on any atom is -0.456 e. The van der Waals surface area contributed by atoms with Gasteiger partial charge in [-0.05, 0) is 36.2 Å². The monoisotopic (exact) mass is 365 g/mol. The molecule has 0 aromatic heterocycles. The zero-order chi connectivity index (χ0) is 18.4. The molecule has 0 fully saturated rings. The Morgan fingerprint density at radius 3 is 2.68 bits per heavy atom. The second-order valence-corrected chi connectivity index (χ2v) is 7.53. The van der Waals surface area contributed by atoms with E-state index in [-0.39, 0.29) is 22.6 Å². The second kappa shape index (κ2) is 6.10. The lowest BCUT2D eigenvalue weighted by Crippen LogP contribution is -2.14. The highest BCUT2D eigenvalue weighted by Gasteiger charge is 2.47. The van der Waals surface area contributed by atoms with E-state index in [0.717, 1.165) is 12.1 Å². The lowest BCUT2D eigenvalue weighted by molar-refractivity contribution is 0.123. The van der Waals surface area contributed by atoms with Crippen molar-refractivity contribution in [3.63, 3.8) is 0 Å². The summed E-state index contributed by atoms with van der Waals surface area (Å²) in [6, 6.07) is 8.02. The first-order chi connectivity index (χ1) is 11.8. The summed E-state index contributed by atoms with van der Waals surface area (Å²) < 4.78 is 56.9. The molecule has 0 saturated carbocycles. The number of benzene rings is 2. The molecule has 2 aromatic carbocycles. The quantitative estimate of drug-likeness (QED) is 0.903. The first-order valence-electron chi connectivity index (χ1n) is 7.40. The van der Waals surface area contributed by atoms with E-state index < -0.39 is 32.2 Å². The Bertz CT molecular complexity index is 998. The highest BCUT2D eigenvalue weighted by molar-refractivity contribution is 7.92. The topological polar surface area (TPSA) is 87.4 Å². The number of sulfone groups is 1. The largest absolute Gasteiger partial charge is 0.456 e. The molecule has 2 aromatic rings. The Balaban J connectivity index is 2.12. The normalized spacial score (nSPS) is 20.8. The van der Waals surface area contributed by atoms with Gasteiger partial charge in [-0.25, -0.2) is 17.2 Å². The van der Waals surface area contributed by atoms with Crippen LogP contribution < -0.4 is 4.74 Å². The molecule has 25 heavy (non-hydrogen) atoms. The van der Waals surface area contributed by atoms with Gasteiger partial charge in [0.1, 0.15) is 35.1 Å². The van der Waals surface area contributed by atoms with Crippen LogP contribution in [0, 0.1) is 17.1 Å². The van der Waals surface area contributed by atoms with Crippen LogP contribution in [-0.4, -0.2) is 19.0 Å². The van der Waals surface area contributed by atoms with Crippen LogP contribution in [0.5, 0.6) is 11.5 Å². The van der Waals surface area contributed by atoms with Gasteiger partial charge < -0.3 is 9.84 Å². The number of aliphatic hydroxyl groups excluding tert-OH is 1. The third-order valence-electron chi connectivity index (χ3n) is 3.99. The Morgan fingerprint density at radius 1 is 1.32 bits per heavy atom. The van der Waals surface area contributed by atoms with E-state index in [0.29, 0.717) is 12.0 Å². The number of fused-ring (bicyclic) bond motifs is 1. The van der Waals surface area contributed by atoms with Crippen LogP contribution in [0.4, 0.5) is 8.78 Å². The molecule has 1 heterocycles. The minimum atomic E-state index is -4.36. The van der Waals surface area contributed by atoms with Gasteiger partial charge in [0.2, 0.25) is 15.3 Å². The zero-order valence-electron chi connectivity index (χ0n) is 13.0. The molecule has 0 spiro atoms. The van der Waals surface area contributed by atoms with Crippen molar-refractivity contribution in [3.8, 4) is 17.6 Å². The first-order valence-corrected chi connectivity index (χ1v) is 8.94. The standard InChI is InChI=1S/C17H13F2NO4S/c1-2-9-5-10(18)7-11(6-9)24-13-3-4-14-15(12(13)8-20)16(21)17(19)25(14,22)23/h3-7,16-17,21H,2H2,1H3. The maximum Gasteiger partial charge on any atom is 0.235 e. The van der Waals surface area contributed by atoms with Gasteiger partial charge in [0, 0.05) is 11.6 Å². The number of rotatable bonds is 3. The van der Waals surface area contributed by atoms with Gasteiger partial charge in [-0.1, -0.05) is 6.92 Å². The molecule has 0 amide bonds. The van der Waals surface area contributed by atoms with E-state index >= 15 is 0 Å². The highest BCUT2D eigenvalue weighted by atomic mass is 32.2. The van der Waals surface area contributed by atoms with E-state index in [1.54, 1.807) is 12.1 Å². The van der Waals surface area contributed by atoms with Crippen LogP contribution in [-0.2, 0) is 16.3 Å². The number of alkyl halides is 1. The summed E-state index contributed by atoms with van der Waals surface area (Å²) in [6.07, 6.45) is -1.42. The minimum absolute atomic E-state index is 0.0859. The molecule has 0 bridgehead atoms. The van der Waals surface area contributed by atoms with E-state index in [9.17, 15) is 27.6 Å². The van der Waals surface area contributed by atoms with Gasteiger partial charge in [0.05, 0.1) is 4.90 Å². The fourth-order valence-electron chi connectivity index (χ4n) is 2.76. The Hall–Kier alpha value is -2.50. The average molecular weight is 365 g/mol. The Labute approximate surface area is 143 Å². The van der Waals surface area contributed by atoms with Crippen LogP contribution >= 0.6 is 0 Å². The molecule has 0 saturated heterocycles. The zero-order valence-corrected chi connectivity index (χ0v) is 13.8. The maximum atomic E-state index is 13.9. The third kappa shape index (κ3) is 2.75. The highest BCUT2D eigenvalue weighted by Crippen LogP contribution is 2.44. The van der Waals surface area contributed by atoms with E-state index in [1.165, 1.54) is 12.1 Å². The lowest BCUT2D eigenvalue weighted by atomic mass is 10.0. The van der Waals surface area contributed by atoms with Crippen molar-refractivity contribution in [2.75, 3.05) is 0 Å². The summed E-state index contributed by atoms with van der Waals surface area (Å²) >= 11 is 0. The molecule has 130 valence electrons. The number of ether oxygens (including phenoxy) is 1. The molecule has 5 nitrogen and oxygen atoms in total. The van der Waals surface area contributed by atoms with Gasteiger partial charge in [-0.2, -0.15) is 5.26 Å². The summed E-state index contributed by atoms with van der Waals surface area (Å²) in [6.45, 7) is 1.83. The van der Waals surface area contributed by atoms with Crippen LogP contribution in [0.25, 0.3) is 0 Å². The summed E-state index contributed by atoms with van der Waals surface area (Å²) in [5, 5.41) is 19.3. The number of nitriles is 1. The summed E-state index contributed by atoms with van der Waals surface area (Å²) in [5.41, 5.74) is -2.50. The van der Waals surface area contributed by atoms with E-state index in [4.69, 9.17) is 4.74 Å². The van der Waals surface area contributed by atoms with Crippen molar-refractivity contribution < 1.29 is 27.0 Å². The molecule has 3 rings (SSSR count). The molecule has 1 aliphatic heterocycles. The van der Waals surface area contributed by atoms with Crippen LogP contribution in [0.15, 0.2) is 35.2 Å². The number of nitrogens with zero attached hydrogens (tertiary/aromatic N) is 1. The van der Waals surface area contributed by atoms with Crippen LogP contribution in [0.1, 0.15) is 29.7 Å². The average Bonchev–Trinajstić information content (AvgIpc) is 2.75. The van der Waals surface area contributed by atoms with Crippen molar-refractivity contribution >= 4 is 9.84 Å². The van der Waals surface area contributed by atoms with E-state index in [1.807, 2.05) is 6.92 Å². The van der Waals surface area contributed by atoms with Crippen molar-refractivity contribution in [1.29, 1.82) is 5.26 Å².